The van der Waals surface area contributed by atoms with Crippen molar-refractivity contribution in [2.45, 2.75) is 93.4 Å². The van der Waals surface area contributed by atoms with E-state index < -0.39 is 0 Å². The van der Waals surface area contributed by atoms with Crippen LogP contribution >= 0.6 is 11.3 Å². The minimum Gasteiger partial charge on any atom is -0.512 e. The number of carbonyl (C=O) groups excluding carboxylic acids is 1. The van der Waals surface area contributed by atoms with Crippen molar-refractivity contribution in [1.82, 2.24) is 4.98 Å². The molecule has 3 aromatic heterocycles. The fourth-order valence-electron chi connectivity index (χ4n) is 6.07. The van der Waals surface area contributed by atoms with Crippen LogP contribution in [0.25, 0.3) is 53.2 Å². The van der Waals surface area contributed by atoms with Gasteiger partial charge in [0.25, 0.3) is 0 Å². The number of allylic oxidation sites excluding steroid dienone is 2. The van der Waals surface area contributed by atoms with Gasteiger partial charge in [-0.3, -0.25) is 9.78 Å². The molecule has 0 aliphatic carbocycles. The van der Waals surface area contributed by atoms with Crippen LogP contribution in [-0.2, 0) is 30.3 Å². The van der Waals surface area contributed by atoms with Crippen LogP contribution in [-0.4, -0.2) is 15.9 Å². The molecular weight excluding hydrogens is 791 g/mol. The largest absolute Gasteiger partial charge is 0.512 e. The molecule has 0 amide bonds. The minimum absolute atomic E-state index is 0. The Morgan fingerprint density at radius 2 is 1.56 bits per heavy atom. The molecule has 0 saturated heterocycles. The second kappa shape index (κ2) is 14.7. The van der Waals surface area contributed by atoms with E-state index in [-0.39, 0.29) is 47.9 Å². The summed E-state index contributed by atoms with van der Waals surface area (Å²) in [6.07, 6.45) is 8.43. The normalized spacial score (nSPS) is 12.7. The predicted octanol–water partition coefficient (Wildman–Crippen LogP) is 12.8. The van der Waals surface area contributed by atoms with E-state index >= 15 is 0 Å². The summed E-state index contributed by atoms with van der Waals surface area (Å²) in [5, 5.41) is 16.0. The number of fused-ring (bicyclic) bond motifs is 6. The molecule has 6 rings (SSSR count). The van der Waals surface area contributed by atoms with Gasteiger partial charge in [0.2, 0.25) is 0 Å². The molecule has 0 unspecified atom stereocenters. The van der Waals surface area contributed by atoms with E-state index in [9.17, 15) is 9.90 Å². The Morgan fingerprint density at radius 3 is 2.21 bits per heavy atom. The summed E-state index contributed by atoms with van der Waals surface area (Å²) in [5.41, 5.74) is 3.73. The standard InChI is InChI=1S/C27H20NOS.C15H28O2.Ir/c1-27(2,3)21-15-18(14-17-6-4-5-7-19(17)21)24-23-20-9-8-16-11-13-29-25(16)26(20)30-22(23)10-12-28-24;1-7-14(5,8-2)12(16)11-13(17)15(6,9-3)10-4;/h4-13,15H,1-3H3;11,16H,7-10H2,1-6H3;/q-1;;/b;12-11-;. The van der Waals surface area contributed by atoms with Gasteiger partial charge >= 0.3 is 0 Å². The number of aromatic nitrogens is 1. The van der Waals surface area contributed by atoms with E-state index in [1.807, 2.05) is 53.8 Å². The molecule has 0 aliphatic rings. The van der Waals surface area contributed by atoms with Crippen molar-refractivity contribution in [3.05, 3.63) is 90.5 Å². The van der Waals surface area contributed by atoms with E-state index in [4.69, 9.17) is 9.40 Å². The number of rotatable bonds is 8. The quantitative estimate of drug-likeness (QED) is 0.0942. The Balaban J connectivity index is 0.000000251. The molecule has 0 bridgehead atoms. The number of thiophene rings is 1. The molecule has 0 fully saturated rings. The number of aliphatic hydroxyl groups excluding tert-OH is 1. The summed E-state index contributed by atoms with van der Waals surface area (Å²) in [5.74, 6) is 0.286. The number of hydrogen-bond donors (Lipinski definition) is 1. The Bertz CT molecular complexity index is 2090. The maximum Gasteiger partial charge on any atom is 0.164 e. The predicted molar refractivity (Wildman–Crippen MR) is 200 cm³/mol. The molecule has 0 aliphatic heterocycles. The van der Waals surface area contributed by atoms with E-state index in [1.165, 1.54) is 37.2 Å². The Labute approximate surface area is 303 Å². The summed E-state index contributed by atoms with van der Waals surface area (Å²) < 4.78 is 8.21. The zero-order valence-corrected chi connectivity index (χ0v) is 32.9. The van der Waals surface area contributed by atoms with Crippen molar-refractivity contribution < 1.29 is 34.4 Å². The average molecular weight is 839 g/mol. The minimum atomic E-state index is -0.337. The monoisotopic (exact) mass is 839 g/mol. The van der Waals surface area contributed by atoms with Crippen molar-refractivity contribution in [2.75, 3.05) is 0 Å². The van der Waals surface area contributed by atoms with Gasteiger partial charge in [-0.1, -0.05) is 104 Å². The number of ketones is 1. The SMILES string of the molecule is CC(C)(C)c1cc(-c2nccc3sc4c(ccc5ccoc54)c23)[c-]c2ccccc12.CCC(C)(CC)C(=O)/C=C(\O)C(C)(CC)CC.[Ir]. The number of aliphatic hydroxyl groups is 1. The molecule has 3 heterocycles. The third kappa shape index (κ3) is 7.04. The van der Waals surface area contributed by atoms with E-state index in [1.54, 1.807) is 17.6 Å². The van der Waals surface area contributed by atoms with E-state index in [0.717, 1.165) is 53.3 Å². The van der Waals surface area contributed by atoms with Crippen molar-refractivity contribution in [2.24, 2.45) is 10.8 Å². The third-order valence-electron chi connectivity index (χ3n) is 10.4. The second-order valence-corrected chi connectivity index (χ2v) is 15.3. The molecule has 1 radical (unpaired) electrons. The molecule has 6 aromatic rings. The smallest absolute Gasteiger partial charge is 0.164 e. The topological polar surface area (TPSA) is 63.3 Å². The van der Waals surface area contributed by atoms with Crippen molar-refractivity contribution in [3.8, 4) is 11.3 Å². The number of carbonyl (C=O) groups is 1. The Morgan fingerprint density at radius 1 is 0.896 bits per heavy atom. The van der Waals surface area contributed by atoms with E-state index in [0.29, 0.717) is 0 Å². The first-order valence-corrected chi connectivity index (χ1v) is 17.7. The summed E-state index contributed by atoms with van der Waals surface area (Å²) in [7, 11) is 0. The van der Waals surface area contributed by atoms with Gasteiger partial charge in [0.15, 0.2) is 11.4 Å². The van der Waals surface area contributed by atoms with Gasteiger partial charge in [0, 0.05) is 59.0 Å². The van der Waals surface area contributed by atoms with Crippen LogP contribution in [0.5, 0.6) is 0 Å². The Hall–Kier alpha value is -3.31. The maximum atomic E-state index is 12.2. The van der Waals surface area contributed by atoms with Gasteiger partial charge in [-0.2, -0.15) is 0 Å². The number of pyridine rings is 1. The first-order chi connectivity index (χ1) is 22.3. The molecule has 1 N–H and O–H groups in total. The maximum absolute atomic E-state index is 12.2. The van der Waals surface area contributed by atoms with Gasteiger partial charge in [-0.05, 0) is 54.0 Å². The van der Waals surface area contributed by atoms with Gasteiger partial charge in [0.05, 0.1) is 11.0 Å². The van der Waals surface area contributed by atoms with Gasteiger partial charge in [-0.25, -0.2) is 0 Å². The van der Waals surface area contributed by atoms with Crippen LogP contribution in [0.2, 0.25) is 0 Å². The molecule has 48 heavy (non-hydrogen) atoms. The Kier molecular flexibility index (Phi) is 11.5. The molecule has 0 atom stereocenters. The third-order valence-corrected chi connectivity index (χ3v) is 11.6. The van der Waals surface area contributed by atoms with Gasteiger partial charge in [0.1, 0.15) is 5.76 Å². The van der Waals surface area contributed by atoms with Crippen LogP contribution in [0, 0.1) is 16.9 Å². The number of furan rings is 1. The van der Waals surface area contributed by atoms with Crippen LogP contribution in [0.15, 0.2) is 83.3 Å². The molecule has 3 aromatic carbocycles. The van der Waals surface area contributed by atoms with Gasteiger partial charge < -0.3 is 9.52 Å². The van der Waals surface area contributed by atoms with Crippen LogP contribution < -0.4 is 0 Å². The number of nitrogens with zero attached hydrogens (tertiary/aromatic N) is 1. The number of hydrogen-bond acceptors (Lipinski definition) is 5. The zero-order chi connectivity index (χ0) is 34.1. The zero-order valence-electron chi connectivity index (χ0n) is 29.7. The summed E-state index contributed by atoms with van der Waals surface area (Å²) >= 11 is 1.77. The molecule has 4 nitrogen and oxygen atoms in total. The average Bonchev–Trinajstić information content (AvgIpc) is 3.71. The molecule has 0 spiro atoms. The van der Waals surface area contributed by atoms with Crippen LogP contribution in [0.3, 0.4) is 0 Å². The summed E-state index contributed by atoms with van der Waals surface area (Å²) in [6, 6.07) is 22.9. The van der Waals surface area contributed by atoms with E-state index in [2.05, 4.69) is 75.4 Å². The summed E-state index contributed by atoms with van der Waals surface area (Å²) in [4.78, 5) is 17.0. The molecule has 255 valence electrons. The fourth-order valence-corrected chi connectivity index (χ4v) is 7.27. The van der Waals surface area contributed by atoms with Crippen molar-refractivity contribution in [3.63, 3.8) is 0 Å². The summed E-state index contributed by atoms with van der Waals surface area (Å²) in [6.45, 7) is 18.9. The second-order valence-electron chi connectivity index (χ2n) is 14.2. The first-order valence-electron chi connectivity index (χ1n) is 16.9. The first kappa shape index (κ1) is 37.5. The molecule has 6 heteroatoms. The van der Waals surface area contributed by atoms with Crippen LogP contribution in [0.1, 0.15) is 93.6 Å². The van der Waals surface area contributed by atoms with Crippen LogP contribution in [0.4, 0.5) is 0 Å². The van der Waals surface area contributed by atoms with Crippen molar-refractivity contribution in [1.29, 1.82) is 0 Å². The molecule has 0 saturated carbocycles. The molecular formula is C42H48IrNO3S-. The number of benzene rings is 3. The van der Waals surface area contributed by atoms with Gasteiger partial charge in [-0.15, -0.1) is 40.5 Å². The fraction of sp³-hybridized carbons (Fsp3) is 0.381. The van der Waals surface area contributed by atoms with Crippen molar-refractivity contribution >= 4 is 59.0 Å².